The van der Waals surface area contributed by atoms with Crippen molar-refractivity contribution in [3.8, 4) is 22.8 Å². The van der Waals surface area contributed by atoms with Gasteiger partial charge in [-0.1, -0.05) is 122 Å². The molecule has 0 saturated heterocycles. The van der Waals surface area contributed by atoms with E-state index < -0.39 is 0 Å². The predicted molar refractivity (Wildman–Crippen MR) is 254 cm³/mol. The molecule has 0 unspecified atom stereocenters. The number of rotatable bonds is 8. The Labute approximate surface area is 348 Å². The van der Waals surface area contributed by atoms with Gasteiger partial charge in [0.2, 0.25) is 0 Å². The lowest BCUT2D eigenvalue weighted by molar-refractivity contribution is 1.08. The molecule has 0 aliphatic heterocycles. The maximum atomic E-state index is 5.40. The largest absolute Gasteiger partial charge is 0.310 e. The number of hydrogen-bond donors (Lipinski definition) is 0. The summed E-state index contributed by atoms with van der Waals surface area (Å²) in [6.45, 7) is 8.40. The van der Waals surface area contributed by atoms with Gasteiger partial charge in [0, 0.05) is 70.7 Å². The number of pyridine rings is 1. The lowest BCUT2D eigenvalue weighted by atomic mass is 9.98. The fourth-order valence-corrected chi connectivity index (χ4v) is 9.54. The Balaban J connectivity index is 1.13. The van der Waals surface area contributed by atoms with E-state index in [1.165, 1.54) is 47.1 Å². The van der Waals surface area contributed by atoms with Crippen LogP contribution in [0.4, 0.5) is 17.1 Å². The van der Waals surface area contributed by atoms with Gasteiger partial charge in [-0.3, -0.25) is 0 Å². The molecule has 284 valence electrons. The fourth-order valence-electron chi connectivity index (χ4n) is 8.41. The molecular formula is C54H42N4S. The van der Waals surface area contributed by atoms with Crippen LogP contribution in [0.3, 0.4) is 0 Å². The van der Waals surface area contributed by atoms with Crippen LogP contribution in [0.5, 0.6) is 0 Å². The highest BCUT2D eigenvalue weighted by Gasteiger charge is 2.21. The Morgan fingerprint density at radius 3 is 1.81 bits per heavy atom. The first-order valence-corrected chi connectivity index (χ1v) is 21.1. The first kappa shape index (κ1) is 36.4. The van der Waals surface area contributed by atoms with Crippen LogP contribution >= 0.6 is 11.3 Å². The summed E-state index contributed by atoms with van der Waals surface area (Å²) < 4.78 is 2.51. The summed E-state index contributed by atoms with van der Waals surface area (Å²) in [6, 6.07) is 52.6. The zero-order valence-electron chi connectivity index (χ0n) is 33.6. The van der Waals surface area contributed by atoms with Crippen molar-refractivity contribution in [1.29, 1.82) is 0 Å². The van der Waals surface area contributed by atoms with Gasteiger partial charge in [0.15, 0.2) is 5.82 Å². The molecule has 5 heteroatoms. The average molecular weight is 779 g/mol. The van der Waals surface area contributed by atoms with Crippen LogP contribution in [0.15, 0.2) is 158 Å². The summed E-state index contributed by atoms with van der Waals surface area (Å²) in [5.41, 5.74) is 9.96. The predicted octanol–water partition coefficient (Wildman–Crippen LogP) is 15.6. The zero-order valence-corrected chi connectivity index (χ0v) is 34.4. The molecule has 0 fully saturated rings. The van der Waals surface area contributed by atoms with E-state index in [4.69, 9.17) is 15.0 Å². The molecule has 59 heavy (non-hydrogen) atoms. The van der Waals surface area contributed by atoms with Gasteiger partial charge in [-0.25, -0.2) is 15.0 Å². The highest BCUT2D eigenvalue weighted by atomic mass is 32.1. The molecule has 0 N–H and O–H groups in total. The van der Waals surface area contributed by atoms with Crippen molar-refractivity contribution >= 4 is 93.0 Å². The van der Waals surface area contributed by atoms with Crippen molar-refractivity contribution in [3.05, 3.63) is 180 Å². The minimum atomic E-state index is 0.628. The van der Waals surface area contributed by atoms with E-state index in [0.717, 1.165) is 68.3 Å². The molecule has 10 aromatic rings. The van der Waals surface area contributed by atoms with E-state index >= 15 is 0 Å². The van der Waals surface area contributed by atoms with Crippen LogP contribution in [0.2, 0.25) is 0 Å². The van der Waals surface area contributed by atoms with E-state index in [0.29, 0.717) is 5.82 Å². The highest BCUT2D eigenvalue weighted by Crippen LogP contribution is 2.42. The standard InChI is InChI=1S/C54H42N4S/c1-5-7-19-44-34(3)55-53(49-33-51-48(32-47(44)49)46-20-12-13-21-50(46)59-51)54-56-35(4)45(14-6-2)52(57-54)38-24-26-41(27-25-38)58(42-28-22-36-15-8-10-17-39(36)30-42)43-29-23-37-16-9-11-18-40(37)31-43/h6-33H,5H2,1-4H3/b14-6-,19-7-. The summed E-state index contributed by atoms with van der Waals surface area (Å²) in [4.78, 5) is 18.2. The van der Waals surface area contributed by atoms with Gasteiger partial charge in [-0.05, 0) is 109 Å². The van der Waals surface area contributed by atoms with E-state index in [1.54, 1.807) is 0 Å². The third-order valence-electron chi connectivity index (χ3n) is 11.3. The number of anilines is 3. The number of fused-ring (bicyclic) bond motifs is 6. The van der Waals surface area contributed by atoms with Crippen LogP contribution in [-0.4, -0.2) is 15.0 Å². The first-order chi connectivity index (χ1) is 29.0. The maximum absolute atomic E-state index is 5.40. The van der Waals surface area contributed by atoms with Gasteiger partial charge >= 0.3 is 0 Å². The van der Waals surface area contributed by atoms with Gasteiger partial charge in [0.1, 0.15) is 5.69 Å². The minimum absolute atomic E-state index is 0.628. The maximum Gasteiger partial charge on any atom is 0.179 e. The van der Waals surface area contributed by atoms with Crippen molar-refractivity contribution in [2.75, 3.05) is 4.90 Å². The molecule has 0 spiro atoms. The number of thiophene rings is 1. The molecule has 10 rings (SSSR count). The minimum Gasteiger partial charge on any atom is -0.310 e. The Morgan fingerprint density at radius 2 is 1.14 bits per heavy atom. The van der Waals surface area contributed by atoms with Crippen LogP contribution in [0, 0.1) is 13.8 Å². The molecule has 7 aromatic carbocycles. The number of nitrogens with zero attached hydrogens (tertiary/aromatic N) is 4. The monoisotopic (exact) mass is 778 g/mol. The molecule has 4 nitrogen and oxygen atoms in total. The summed E-state index contributed by atoms with van der Waals surface area (Å²) in [6.07, 6.45) is 9.58. The summed E-state index contributed by atoms with van der Waals surface area (Å²) in [7, 11) is 0. The van der Waals surface area contributed by atoms with Crippen LogP contribution in [0.1, 0.15) is 42.8 Å². The molecule has 0 radical (unpaired) electrons. The zero-order chi connectivity index (χ0) is 40.0. The Kier molecular flexibility index (Phi) is 9.31. The number of aromatic nitrogens is 3. The molecule has 0 aliphatic carbocycles. The van der Waals surface area contributed by atoms with Crippen LogP contribution < -0.4 is 4.90 Å². The van der Waals surface area contributed by atoms with Crippen molar-refractivity contribution in [3.63, 3.8) is 0 Å². The van der Waals surface area contributed by atoms with Gasteiger partial charge in [-0.15, -0.1) is 11.3 Å². The average Bonchev–Trinajstić information content (AvgIpc) is 3.64. The lowest BCUT2D eigenvalue weighted by Gasteiger charge is -2.26. The third kappa shape index (κ3) is 6.54. The molecule has 0 bridgehead atoms. The number of allylic oxidation sites excluding steroid dienone is 2. The van der Waals surface area contributed by atoms with Gasteiger partial charge in [-0.2, -0.15) is 0 Å². The highest BCUT2D eigenvalue weighted by molar-refractivity contribution is 7.25. The molecule has 0 aliphatic rings. The van der Waals surface area contributed by atoms with E-state index in [-0.39, 0.29) is 0 Å². The normalized spacial score (nSPS) is 12.0. The number of benzene rings is 7. The van der Waals surface area contributed by atoms with Gasteiger partial charge < -0.3 is 4.90 Å². The second-order valence-corrected chi connectivity index (χ2v) is 16.2. The third-order valence-corrected chi connectivity index (χ3v) is 12.4. The van der Waals surface area contributed by atoms with Crippen LogP contribution in [0.25, 0.3) is 87.4 Å². The second kappa shape index (κ2) is 15.1. The molecule has 0 amide bonds. The number of aryl methyl sites for hydroxylation is 2. The Hall–Kier alpha value is -6.95. The molecule has 3 aromatic heterocycles. The summed E-state index contributed by atoms with van der Waals surface area (Å²) in [5.74, 6) is 0.628. The van der Waals surface area contributed by atoms with E-state index in [1.807, 2.05) is 18.3 Å². The van der Waals surface area contributed by atoms with Crippen molar-refractivity contribution < 1.29 is 0 Å². The van der Waals surface area contributed by atoms with Crippen LogP contribution in [-0.2, 0) is 0 Å². The van der Waals surface area contributed by atoms with Crippen molar-refractivity contribution in [2.45, 2.75) is 34.1 Å². The number of hydrogen-bond acceptors (Lipinski definition) is 5. The van der Waals surface area contributed by atoms with Gasteiger partial charge in [0.25, 0.3) is 0 Å². The first-order valence-electron chi connectivity index (χ1n) is 20.3. The van der Waals surface area contributed by atoms with Crippen molar-refractivity contribution in [2.24, 2.45) is 0 Å². The SMILES string of the molecule is C/C=C\c1c(C)nc(-c2nc(C)c(/C=C\CC)c3cc4c(cc23)sc2ccccc24)nc1-c1ccc(N(c2ccc3ccccc3c2)c2ccc3ccccc3c2)cc1. The molecule has 0 saturated carbocycles. The van der Waals surface area contributed by atoms with E-state index in [9.17, 15) is 0 Å². The van der Waals surface area contributed by atoms with Crippen molar-refractivity contribution in [1.82, 2.24) is 15.0 Å². The van der Waals surface area contributed by atoms with Gasteiger partial charge in [0.05, 0.1) is 5.69 Å². The quantitative estimate of drug-likeness (QED) is 0.154. The molecule has 3 heterocycles. The summed E-state index contributed by atoms with van der Waals surface area (Å²) >= 11 is 1.82. The molecular weight excluding hydrogens is 737 g/mol. The summed E-state index contributed by atoms with van der Waals surface area (Å²) in [5, 5.41) is 9.61. The lowest BCUT2D eigenvalue weighted by Crippen LogP contribution is -2.10. The Morgan fingerprint density at radius 1 is 0.508 bits per heavy atom. The Bertz CT molecular complexity index is 3220. The second-order valence-electron chi connectivity index (χ2n) is 15.1. The smallest absolute Gasteiger partial charge is 0.179 e. The topological polar surface area (TPSA) is 41.9 Å². The molecule has 0 atom stereocenters. The fraction of sp³-hybridized carbons (Fsp3) is 0.0926. The van der Waals surface area contributed by atoms with E-state index in [2.05, 4.69) is 196 Å².